The summed E-state index contributed by atoms with van der Waals surface area (Å²) in [5.74, 6) is 2.09. The van der Waals surface area contributed by atoms with E-state index < -0.39 is 0 Å². The molecule has 0 N–H and O–H groups in total. The highest BCUT2D eigenvalue weighted by Crippen LogP contribution is 2.43. The molecule has 7 heteroatoms. The van der Waals surface area contributed by atoms with E-state index in [1.165, 1.54) is 27.0 Å². The molecule has 0 bridgehead atoms. The SMILES string of the molecule is CCSc1nc(N2CCN(C(c3ccccc3)c3ccccc3)CC2)c2c3c(sc2n1)COC(C)(C)C3. The molecular formula is C30H34N4OS2. The molecule has 192 valence electrons. The molecular weight excluding hydrogens is 496 g/mol. The predicted molar refractivity (Wildman–Crippen MR) is 155 cm³/mol. The van der Waals surface area contributed by atoms with Crippen LogP contribution in [0, 0.1) is 0 Å². The van der Waals surface area contributed by atoms with E-state index in [1.54, 1.807) is 23.1 Å². The lowest BCUT2D eigenvalue weighted by atomic mass is 9.94. The molecule has 0 radical (unpaired) electrons. The molecule has 0 atom stereocenters. The van der Waals surface area contributed by atoms with Gasteiger partial charge in [-0.1, -0.05) is 79.3 Å². The Kier molecular flexibility index (Phi) is 6.97. The van der Waals surface area contributed by atoms with Crippen molar-refractivity contribution >= 4 is 39.1 Å². The molecule has 0 saturated carbocycles. The monoisotopic (exact) mass is 530 g/mol. The van der Waals surface area contributed by atoms with Crippen LogP contribution in [0.3, 0.4) is 0 Å². The van der Waals surface area contributed by atoms with Gasteiger partial charge in [0.15, 0.2) is 5.16 Å². The lowest BCUT2D eigenvalue weighted by Crippen LogP contribution is -2.48. The van der Waals surface area contributed by atoms with Crippen molar-refractivity contribution in [2.24, 2.45) is 0 Å². The highest BCUT2D eigenvalue weighted by Gasteiger charge is 2.33. The second-order valence-electron chi connectivity index (χ2n) is 10.4. The molecule has 2 aromatic carbocycles. The number of hydrogen-bond donors (Lipinski definition) is 0. The van der Waals surface area contributed by atoms with Gasteiger partial charge in [0.1, 0.15) is 10.6 Å². The van der Waals surface area contributed by atoms with Crippen molar-refractivity contribution in [2.45, 2.75) is 50.6 Å². The van der Waals surface area contributed by atoms with Crippen LogP contribution in [0.4, 0.5) is 5.82 Å². The zero-order valence-corrected chi connectivity index (χ0v) is 23.4. The molecule has 2 aromatic heterocycles. The average Bonchev–Trinajstić information content (AvgIpc) is 3.27. The minimum absolute atomic E-state index is 0.160. The van der Waals surface area contributed by atoms with Gasteiger partial charge in [-0.25, -0.2) is 9.97 Å². The largest absolute Gasteiger partial charge is 0.370 e. The number of ether oxygens (including phenoxy) is 1. The van der Waals surface area contributed by atoms with Gasteiger partial charge in [0.05, 0.1) is 23.6 Å². The number of thioether (sulfide) groups is 1. The third kappa shape index (κ3) is 5.02. The fourth-order valence-electron chi connectivity index (χ4n) is 5.61. The summed E-state index contributed by atoms with van der Waals surface area (Å²) >= 11 is 3.52. The van der Waals surface area contributed by atoms with Gasteiger partial charge in [0, 0.05) is 37.5 Å². The number of benzene rings is 2. The minimum atomic E-state index is -0.160. The molecule has 1 fully saturated rings. The van der Waals surface area contributed by atoms with Crippen molar-refractivity contribution in [1.29, 1.82) is 0 Å². The maximum Gasteiger partial charge on any atom is 0.190 e. The smallest absolute Gasteiger partial charge is 0.190 e. The summed E-state index contributed by atoms with van der Waals surface area (Å²) in [5.41, 5.74) is 3.93. The first-order valence-corrected chi connectivity index (χ1v) is 15.0. The van der Waals surface area contributed by atoms with Crippen LogP contribution in [0.5, 0.6) is 0 Å². The molecule has 0 aliphatic carbocycles. The van der Waals surface area contributed by atoms with Crippen LogP contribution >= 0.6 is 23.1 Å². The third-order valence-electron chi connectivity index (χ3n) is 7.37. The van der Waals surface area contributed by atoms with Gasteiger partial charge in [-0.3, -0.25) is 4.90 Å². The standard InChI is InChI=1S/C30H34N4OS2/c1-4-36-29-31-27(25-23-19-30(2,3)35-20-24(23)37-28(25)32-29)34-17-15-33(16-18-34)26(21-11-7-5-8-12-21)22-13-9-6-10-14-22/h5-14,26H,4,15-20H2,1-3H3. The van der Waals surface area contributed by atoms with Crippen molar-refractivity contribution in [3.05, 3.63) is 82.2 Å². The molecule has 37 heavy (non-hydrogen) atoms. The summed E-state index contributed by atoms with van der Waals surface area (Å²) in [4.78, 5) is 17.7. The summed E-state index contributed by atoms with van der Waals surface area (Å²) in [7, 11) is 0. The Hall–Kier alpha value is -2.45. The van der Waals surface area contributed by atoms with Gasteiger partial charge in [-0.2, -0.15) is 0 Å². The molecule has 1 saturated heterocycles. The summed E-state index contributed by atoms with van der Waals surface area (Å²) in [5, 5.41) is 2.14. The van der Waals surface area contributed by atoms with E-state index in [2.05, 4.69) is 91.2 Å². The number of thiophene rings is 1. The Morgan fingerprint density at radius 1 is 0.946 bits per heavy atom. The number of hydrogen-bond acceptors (Lipinski definition) is 7. The van der Waals surface area contributed by atoms with Crippen LogP contribution in [0.1, 0.15) is 48.4 Å². The topological polar surface area (TPSA) is 41.5 Å². The van der Waals surface area contributed by atoms with Crippen molar-refractivity contribution in [3.8, 4) is 0 Å². The summed E-state index contributed by atoms with van der Waals surface area (Å²) in [6.45, 7) is 11.1. The number of fused-ring (bicyclic) bond motifs is 3. The number of anilines is 1. The molecule has 5 nitrogen and oxygen atoms in total. The molecule has 0 amide bonds. The van der Waals surface area contributed by atoms with Crippen LogP contribution in [-0.2, 0) is 17.8 Å². The van der Waals surface area contributed by atoms with Gasteiger partial charge >= 0.3 is 0 Å². The lowest BCUT2D eigenvalue weighted by Gasteiger charge is -2.40. The number of piperazine rings is 1. The molecule has 4 aromatic rings. The fraction of sp³-hybridized carbons (Fsp3) is 0.400. The van der Waals surface area contributed by atoms with Gasteiger partial charge in [0.25, 0.3) is 0 Å². The molecule has 6 rings (SSSR count). The first kappa shape index (κ1) is 24.9. The Morgan fingerprint density at radius 2 is 1.59 bits per heavy atom. The van der Waals surface area contributed by atoms with Crippen LogP contribution in [0.2, 0.25) is 0 Å². The Bertz CT molecular complexity index is 1330. The summed E-state index contributed by atoms with van der Waals surface area (Å²) in [6.07, 6.45) is 0.906. The van der Waals surface area contributed by atoms with Gasteiger partial charge in [-0.05, 0) is 36.3 Å². The van der Waals surface area contributed by atoms with Crippen molar-refractivity contribution in [3.63, 3.8) is 0 Å². The zero-order valence-electron chi connectivity index (χ0n) is 21.8. The van der Waals surface area contributed by atoms with E-state index in [0.29, 0.717) is 6.61 Å². The molecule has 2 aliphatic heterocycles. The van der Waals surface area contributed by atoms with Gasteiger partial charge in [0.2, 0.25) is 0 Å². The van der Waals surface area contributed by atoms with Crippen LogP contribution in [0.15, 0.2) is 65.8 Å². The van der Waals surface area contributed by atoms with Crippen LogP contribution in [0.25, 0.3) is 10.2 Å². The van der Waals surface area contributed by atoms with Crippen molar-refractivity contribution in [2.75, 3.05) is 36.8 Å². The van der Waals surface area contributed by atoms with E-state index in [1.807, 2.05) is 0 Å². The third-order valence-corrected chi connectivity index (χ3v) is 9.20. The minimum Gasteiger partial charge on any atom is -0.370 e. The van der Waals surface area contributed by atoms with Crippen molar-refractivity contribution in [1.82, 2.24) is 14.9 Å². The normalized spacial score (nSPS) is 17.9. The number of rotatable bonds is 6. The Labute approximate surface area is 227 Å². The van der Waals surface area contributed by atoms with Gasteiger partial charge in [-0.15, -0.1) is 11.3 Å². The second kappa shape index (κ2) is 10.4. The lowest BCUT2D eigenvalue weighted by molar-refractivity contribution is -0.0379. The first-order valence-electron chi connectivity index (χ1n) is 13.2. The Balaban J connectivity index is 1.33. The van der Waals surface area contributed by atoms with E-state index in [0.717, 1.165) is 54.2 Å². The molecule has 0 unspecified atom stereocenters. The highest BCUT2D eigenvalue weighted by molar-refractivity contribution is 7.99. The summed E-state index contributed by atoms with van der Waals surface area (Å²) in [6, 6.07) is 22.1. The van der Waals surface area contributed by atoms with Crippen LogP contribution < -0.4 is 4.90 Å². The molecule has 2 aliphatic rings. The second-order valence-corrected chi connectivity index (χ2v) is 12.7. The Morgan fingerprint density at radius 3 is 2.22 bits per heavy atom. The molecule has 0 spiro atoms. The van der Waals surface area contributed by atoms with Crippen molar-refractivity contribution < 1.29 is 4.74 Å². The maximum absolute atomic E-state index is 6.15. The van der Waals surface area contributed by atoms with Gasteiger partial charge < -0.3 is 9.64 Å². The maximum atomic E-state index is 6.15. The zero-order chi connectivity index (χ0) is 25.4. The van der Waals surface area contributed by atoms with E-state index in [4.69, 9.17) is 14.7 Å². The first-order chi connectivity index (χ1) is 18.0. The quantitative estimate of drug-likeness (QED) is 0.208. The highest BCUT2D eigenvalue weighted by atomic mass is 32.2. The van der Waals surface area contributed by atoms with E-state index in [-0.39, 0.29) is 11.6 Å². The number of aromatic nitrogens is 2. The summed E-state index contributed by atoms with van der Waals surface area (Å²) < 4.78 is 6.15. The number of nitrogens with zero attached hydrogens (tertiary/aromatic N) is 4. The van der Waals surface area contributed by atoms with Crippen LogP contribution in [-0.4, -0.2) is 52.4 Å². The predicted octanol–water partition coefficient (Wildman–Crippen LogP) is 6.57. The fourth-order valence-corrected chi connectivity index (χ4v) is 7.33. The average molecular weight is 531 g/mol. The van der Waals surface area contributed by atoms with E-state index >= 15 is 0 Å². The van der Waals surface area contributed by atoms with E-state index in [9.17, 15) is 0 Å². The molecule has 4 heterocycles.